The number of nitro groups is 1. The van der Waals surface area contributed by atoms with Crippen LogP contribution in [0.15, 0.2) is 71.4 Å². The smallest absolute Gasteiger partial charge is 0.363 e. The zero-order valence-electron chi connectivity index (χ0n) is 19.0. The minimum Gasteiger partial charge on any atom is -0.490 e. The highest BCUT2D eigenvalue weighted by atomic mass is 19.1. The second-order valence-corrected chi connectivity index (χ2v) is 7.65. The van der Waals surface area contributed by atoms with Crippen LogP contribution in [0.3, 0.4) is 0 Å². The summed E-state index contributed by atoms with van der Waals surface area (Å²) in [5, 5.41) is 11.0. The number of ether oxygens (including phenoxy) is 3. The molecule has 0 saturated carbocycles. The molecule has 0 unspecified atom stereocenters. The number of aryl methyl sites for hydroxylation is 1. The van der Waals surface area contributed by atoms with Crippen LogP contribution in [0.25, 0.3) is 6.08 Å². The van der Waals surface area contributed by atoms with E-state index in [1.54, 1.807) is 49.4 Å². The monoisotopic (exact) mass is 476 g/mol. The number of hydrogen-bond acceptors (Lipinski definition) is 7. The Balaban J connectivity index is 1.56. The zero-order chi connectivity index (χ0) is 24.9. The number of esters is 1. The summed E-state index contributed by atoms with van der Waals surface area (Å²) in [6.07, 6.45) is 1.55. The van der Waals surface area contributed by atoms with Gasteiger partial charge in [-0.05, 0) is 67.4 Å². The van der Waals surface area contributed by atoms with Crippen LogP contribution in [-0.4, -0.2) is 23.4 Å². The maximum absolute atomic E-state index is 13.4. The summed E-state index contributed by atoms with van der Waals surface area (Å²) in [6.45, 7) is 3.98. The molecular formula is C26H21FN2O6. The number of aliphatic imine (C=N–C) groups is 1. The fourth-order valence-corrected chi connectivity index (χ4v) is 3.47. The van der Waals surface area contributed by atoms with Crippen molar-refractivity contribution in [3.63, 3.8) is 0 Å². The predicted octanol–water partition coefficient (Wildman–Crippen LogP) is 5.36. The molecule has 8 nitrogen and oxygen atoms in total. The van der Waals surface area contributed by atoms with Gasteiger partial charge in [0.2, 0.25) is 5.90 Å². The molecule has 3 aromatic rings. The van der Waals surface area contributed by atoms with Gasteiger partial charge in [0, 0.05) is 17.2 Å². The topological polar surface area (TPSA) is 100 Å². The van der Waals surface area contributed by atoms with Gasteiger partial charge in [-0.1, -0.05) is 18.2 Å². The molecule has 9 heteroatoms. The first-order valence-corrected chi connectivity index (χ1v) is 10.8. The van der Waals surface area contributed by atoms with Crippen molar-refractivity contribution in [2.75, 3.05) is 6.61 Å². The highest BCUT2D eigenvalue weighted by Gasteiger charge is 2.25. The summed E-state index contributed by atoms with van der Waals surface area (Å²) in [7, 11) is 0. The molecule has 0 saturated heterocycles. The molecule has 0 amide bonds. The van der Waals surface area contributed by atoms with E-state index in [-0.39, 0.29) is 29.7 Å². The Morgan fingerprint density at radius 3 is 2.63 bits per heavy atom. The van der Waals surface area contributed by atoms with Gasteiger partial charge in [-0.3, -0.25) is 10.1 Å². The Labute approximate surface area is 200 Å². The number of carbonyl (C=O) groups is 1. The van der Waals surface area contributed by atoms with Crippen molar-refractivity contribution in [2.45, 2.75) is 20.5 Å². The number of halogens is 1. The van der Waals surface area contributed by atoms with Crippen LogP contribution in [-0.2, 0) is 16.1 Å². The lowest BCUT2D eigenvalue weighted by atomic mass is 10.1. The summed E-state index contributed by atoms with van der Waals surface area (Å²) in [5.41, 5.74) is 2.24. The largest absolute Gasteiger partial charge is 0.490 e. The van der Waals surface area contributed by atoms with Gasteiger partial charge in [0.05, 0.1) is 11.5 Å². The van der Waals surface area contributed by atoms with Gasteiger partial charge in [0.25, 0.3) is 5.69 Å². The van der Waals surface area contributed by atoms with Crippen LogP contribution in [0.5, 0.6) is 11.5 Å². The number of benzene rings is 3. The molecule has 0 aromatic heterocycles. The first kappa shape index (κ1) is 23.6. The first-order chi connectivity index (χ1) is 16.8. The van der Waals surface area contributed by atoms with E-state index in [0.29, 0.717) is 40.4 Å². The molecule has 3 aromatic carbocycles. The van der Waals surface area contributed by atoms with Gasteiger partial charge in [-0.25, -0.2) is 14.2 Å². The van der Waals surface area contributed by atoms with E-state index in [0.717, 1.165) is 0 Å². The molecular weight excluding hydrogens is 455 g/mol. The zero-order valence-corrected chi connectivity index (χ0v) is 19.0. The van der Waals surface area contributed by atoms with Crippen LogP contribution in [0.2, 0.25) is 0 Å². The number of cyclic esters (lactones) is 1. The lowest BCUT2D eigenvalue weighted by molar-refractivity contribution is -0.385. The van der Waals surface area contributed by atoms with Gasteiger partial charge >= 0.3 is 5.97 Å². The van der Waals surface area contributed by atoms with Crippen molar-refractivity contribution in [3.8, 4) is 11.5 Å². The molecule has 1 heterocycles. The van der Waals surface area contributed by atoms with Crippen LogP contribution in [0, 0.1) is 22.9 Å². The maximum atomic E-state index is 13.4. The first-order valence-electron chi connectivity index (χ1n) is 10.8. The fourth-order valence-electron chi connectivity index (χ4n) is 3.47. The number of rotatable bonds is 8. The Morgan fingerprint density at radius 2 is 1.91 bits per heavy atom. The number of nitro benzene ring substituents is 1. The third kappa shape index (κ3) is 5.52. The van der Waals surface area contributed by atoms with Crippen molar-refractivity contribution < 1.29 is 28.3 Å². The summed E-state index contributed by atoms with van der Waals surface area (Å²) >= 11 is 0. The van der Waals surface area contributed by atoms with E-state index in [4.69, 9.17) is 14.2 Å². The van der Waals surface area contributed by atoms with Crippen LogP contribution in [0.4, 0.5) is 10.1 Å². The highest BCUT2D eigenvalue weighted by molar-refractivity contribution is 6.13. The molecule has 0 fully saturated rings. The fraction of sp³-hybridized carbons (Fsp3) is 0.154. The average molecular weight is 476 g/mol. The van der Waals surface area contributed by atoms with Crippen molar-refractivity contribution in [1.82, 2.24) is 0 Å². The van der Waals surface area contributed by atoms with E-state index in [2.05, 4.69) is 4.99 Å². The molecule has 1 aliphatic rings. The Kier molecular flexibility index (Phi) is 6.86. The number of nitrogens with zero attached hydrogens (tertiary/aromatic N) is 2. The summed E-state index contributed by atoms with van der Waals surface area (Å²) in [4.78, 5) is 27.2. The molecule has 35 heavy (non-hydrogen) atoms. The Morgan fingerprint density at radius 1 is 1.09 bits per heavy atom. The lowest BCUT2D eigenvalue weighted by Gasteiger charge is -2.13. The van der Waals surface area contributed by atoms with Crippen molar-refractivity contribution in [3.05, 3.63) is 105 Å². The summed E-state index contributed by atoms with van der Waals surface area (Å²) in [5.74, 6) is 0.0164. The average Bonchev–Trinajstić information content (AvgIpc) is 3.18. The van der Waals surface area contributed by atoms with Gasteiger partial charge in [-0.2, -0.15) is 0 Å². The third-order valence-electron chi connectivity index (χ3n) is 5.12. The standard InChI is InChI=1S/C26H21FN2O6/c1-3-33-24-14-17(7-10-23(24)34-15-18-5-4-6-20(27)12-18)13-21-26(30)35-25(28-21)19-8-9-22(29(31)32)16(2)11-19/h4-14H,3,15H2,1-2H3/b21-13-. The second kappa shape index (κ2) is 10.2. The lowest BCUT2D eigenvalue weighted by Crippen LogP contribution is -2.06. The van der Waals surface area contributed by atoms with E-state index >= 15 is 0 Å². The molecule has 0 atom stereocenters. The predicted molar refractivity (Wildman–Crippen MR) is 127 cm³/mol. The van der Waals surface area contributed by atoms with Crippen LogP contribution in [0.1, 0.15) is 29.2 Å². The second-order valence-electron chi connectivity index (χ2n) is 7.65. The van der Waals surface area contributed by atoms with Crippen molar-refractivity contribution >= 4 is 23.6 Å². The molecule has 0 radical (unpaired) electrons. The van der Waals surface area contributed by atoms with Gasteiger partial charge in [0.1, 0.15) is 12.4 Å². The minimum atomic E-state index is -0.639. The SMILES string of the molecule is CCOc1cc(/C=C2\N=C(c3ccc([N+](=O)[O-])c(C)c3)OC2=O)ccc1OCc1cccc(F)c1. The van der Waals surface area contributed by atoms with E-state index in [9.17, 15) is 19.3 Å². The van der Waals surface area contributed by atoms with Crippen molar-refractivity contribution in [1.29, 1.82) is 0 Å². The number of carbonyl (C=O) groups excluding carboxylic acids is 1. The minimum absolute atomic E-state index is 0.0300. The Hall–Kier alpha value is -4.53. The van der Waals surface area contributed by atoms with E-state index in [1.807, 2.05) is 6.92 Å². The highest BCUT2D eigenvalue weighted by Crippen LogP contribution is 2.31. The molecule has 0 bridgehead atoms. The molecule has 0 aliphatic carbocycles. The van der Waals surface area contributed by atoms with Crippen molar-refractivity contribution in [2.24, 2.45) is 4.99 Å². The normalized spacial score (nSPS) is 14.0. The summed E-state index contributed by atoms with van der Waals surface area (Å²) < 4.78 is 30.2. The van der Waals surface area contributed by atoms with Gasteiger partial charge < -0.3 is 14.2 Å². The molecule has 178 valence electrons. The Bertz CT molecular complexity index is 1370. The molecule has 0 spiro atoms. The molecule has 4 rings (SSSR count). The molecule has 1 aliphatic heterocycles. The van der Waals surface area contributed by atoms with E-state index in [1.165, 1.54) is 24.3 Å². The summed E-state index contributed by atoms with van der Waals surface area (Å²) in [6, 6.07) is 15.6. The maximum Gasteiger partial charge on any atom is 0.363 e. The van der Waals surface area contributed by atoms with Crippen LogP contribution >= 0.6 is 0 Å². The number of hydrogen-bond donors (Lipinski definition) is 0. The van der Waals surface area contributed by atoms with Crippen LogP contribution < -0.4 is 9.47 Å². The molecule has 0 N–H and O–H groups in total. The van der Waals surface area contributed by atoms with Gasteiger partial charge in [-0.15, -0.1) is 0 Å². The third-order valence-corrected chi connectivity index (χ3v) is 5.12. The quantitative estimate of drug-likeness (QED) is 0.188. The van der Waals surface area contributed by atoms with E-state index < -0.39 is 10.9 Å². The van der Waals surface area contributed by atoms with Gasteiger partial charge in [0.15, 0.2) is 17.2 Å².